The van der Waals surface area contributed by atoms with Gasteiger partial charge >= 0.3 is 5.97 Å². The molecule has 0 saturated carbocycles. The minimum Gasteiger partial charge on any atom is -0.420 e. The molecule has 20 heavy (non-hydrogen) atoms. The Balaban J connectivity index is 2.26. The zero-order chi connectivity index (χ0) is 14.7. The van der Waals surface area contributed by atoms with Gasteiger partial charge in [-0.05, 0) is 18.2 Å². The molecule has 0 atom stereocenters. The largest absolute Gasteiger partial charge is 0.420 e. The molecule has 0 fully saturated rings. The van der Waals surface area contributed by atoms with E-state index >= 15 is 0 Å². The molecular weight excluding hydrogens is 289 g/mol. The fourth-order valence-corrected chi connectivity index (χ4v) is 1.72. The van der Waals surface area contributed by atoms with Crippen molar-refractivity contribution >= 4 is 23.3 Å². The van der Waals surface area contributed by atoms with Gasteiger partial charge in [-0.1, -0.05) is 23.7 Å². The summed E-state index contributed by atoms with van der Waals surface area (Å²) in [5.41, 5.74) is -0.335. The van der Waals surface area contributed by atoms with E-state index in [1.807, 2.05) is 0 Å². The molecule has 0 aliphatic heterocycles. The van der Waals surface area contributed by atoms with E-state index in [2.05, 4.69) is 0 Å². The molecule has 0 spiro atoms. The normalized spacial score (nSPS) is 10.1. The molecular formula is C13H7ClFNO4. The minimum atomic E-state index is -0.894. The lowest BCUT2D eigenvalue weighted by atomic mass is 10.2. The predicted molar refractivity (Wildman–Crippen MR) is 69.5 cm³/mol. The highest BCUT2D eigenvalue weighted by Crippen LogP contribution is 2.24. The lowest BCUT2D eigenvalue weighted by molar-refractivity contribution is -0.384. The minimum absolute atomic E-state index is 0.0829. The lowest BCUT2D eigenvalue weighted by Crippen LogP contribution is -2.10. The number of hydrogen-bond acceptors (Lipinski definition) is 4. The molecule has 0 radical (unpaired) electrons. The zero-order valence-corrected chi connectivity index (χ0v) is 10.6. The van der Waals surface area contributed by atoms with E-state index in [9.17, 15) is 19.3 Å². The van der Waals surface area contributed by atoms with Crippen LogP contribution in [0.25, 0.3) is 0 Å². The van der Waals surface area contributed by atoms with Crippen LogP contribution in [0, 0.1) is 15.9 Å². The van der Waals surface area contributed by atoms with Gasteiger partial charge in [-0.2, -0.15) is 0 Å². The molecule has 0 bridgehead atoms. The maximum absolute atomic E-state index is 13.3. The number of ether oxygens (including phenoxy) is 1. The molecule has 0 amide bonds. The number of nitro groups is 1. The maximum Gasteiger partial charge on any atom is 0.345 e. The molecule has 0 heterocycles. The van der Waals surface area contributed by atoms with Gasteiger partial charge in [0.2, 0.25) is 0 Å². The Morgan fingerprint density at radius 1 is 1.25 bits per heavy atom. The second kappa shape index (κ2) is 5.66. The first-order chi connectivity index (χ1) is 9.49. The SMILES string of the molecule is O=C(Oc1ccccc1F)c1ccc([N+](=O)[O-])cc1Cl. The van der Waals surface area contributed by atoms with Gasteiger partial charge in [-0.15, -0.1) is 0 Å². The van der Waals surface area contributed by atoms with Crippen LogP contribution < -0.4 is 4.74 Å². The zero-order valence-electron chi connectivity index (χ0n) is 9.88. The standard InChI is InChI=1S/C13H7ClFNO4/c14-10-7-8(16(18)19)5-6-9(10)13(17)20-12-4-2-1-3-11(12)15/h1-7H. The number of non-ortho nitro benzene ring substituents is 1. The number of rotatable bonds is 3. The van der Waals surface area contributed by atoms with Crippen LogP contribution in [0.2, 0.25) is 5.02 Å². The first kappa shape index (κ1) is 14.0. The van der Waals surface area contributed by atoms with Crippen LogP contribution in [-0.4, -0.2) is 10.9 Å². The summed E-state index contributed by atoms with van der Waals surface area (Å²) in [6.07, 6.45) is 0. The van der Waals surface area contributed by atoms with Crippen LogP contribution in [0.5, 0.6) is 5.75 Å². The third kappa shape index (κ3) is 2.92. The monoisotopic (exact) mass is 295 g/mol. The van der Waals surface area contributed by atoms with Gasteiger partial charge in [-0.3, -0.25) is 10.1 Å². The van der Waals surface area contributed by atoms with Gasteiger partial charge in [0.05, 0.1) is 15.5 Å². The number of carbonyl (C=O) groups excluding carboxylic acids is 1. The summed E-state index contributed by atoms with van der Waals surface area (Å²) in [7, 11) is 0. The Bertz CT molecular complexity index is 690. The number of para-hydroxylation sites is 1. The van der Waals surface area contributed by atoms with Crippen molar-refractivity contribution in [2.45, 2.75) is 0 Å². The number of carbonyl (C=O) groups is 1. The van der Waals surface area contributed by atoms with Crippen molar-refractivity contribution in [1.29, 1.82) is 0 Å². The average molecular weight is 296 g/mol. The average Bonchev–Trinajstić information content (AvgIpc) is 2.41. The highest BCUT2D eigenvalue weighted by Gasteiger charge is 2.17. The van der Waals surface area contributed by atoms with E-state index in [1.54, 1.807) is 0 Å². The fraction of sp³-hybridized carbons (Fsp3) is 0. The van der Waals surface area contributed by atoms with Gasteiger partial charge in [-0.25, -0.2) is 9.18 Å². The number of halogens is 2. The molecule has 2 aromatic carbocycles. The Labute approximate surface area is 117 Å². The Morgan fingerprint density at radius 3 is 2.55 bits per heavy atom. The van der Waals surface area contributed by atoms with Crippen molar-refractivity contribution in [3.05, 3.63) is 69.0 Å². The van der Waals surface area contributed by atoms with Crippen molar-refractivity contribution < 1.29 is 18.8 Å². The van der Waals surface area contributed by atoms with Gasteiger partial charge in [0.25, 0.3) is 5.69 Å². The highest BCUT2D eigenvalue weighted by molar-refractivity contribution is 6.33. The van der Waals surface area contributed by atoms with Crippen molar-refractivity contribution in [3.8, 4) is 5.75 Å². The number of esters is 1. The molecule has 102 valence electrons. The quantitative estimate of drug-likeness (QED) is 0.375. The predicted octanol–water partition coefficient (Wildman–Crippen LogP) is 3.61. The Morgan fingerprint density at radius 2 is 1.95 bits per heavy atom. The highest BCUT2D eigenvalue weighted by atomic mass is 35.5. The van der Waals surface area contributed by atoms with Crippen LogP contribution in [0.3, 0.4) is 0 Å². The summed E-state index contributed by atoms with van der Waals surface area (Å²) in [5.74, 6) is -1.83. The summed E-state index contributed by atoms with van der Waals surface area (Å²) in [6, 6.07) is 8.67. The van der Waals surface area contributed by atoms with Crippen molar-refractivity contribution in [3.63, 3.8) is 0 Å². The second-order valence-electron chi connectivity index (χ2n) is 3.74. The molecule has 7 heteroatoms. The first-order valence-corrected chi connectivity index (χ1v) is 5.77. The van der Waals surface area contributed by atoms with E-state index in [0.29, 0.717) is 0 Å². The van der Waals surface area contributed by atoms with Crippen molar-refractivity contribution in [1.82, 2.24) is 0 Å². The maximum atomic E-state index is 13.3. The molecule has 0 N–H and O–H groups in total. The van der Waals surface area contributed by atoms with Gasteiger partial charge in [0.1, 0.15) is 0 Å². The van der Waals surface area contributed by atoms with Crippen molar-refractivity contribution in [2.24, 2.45) is 0 Å². The van der Waals surface area contributed by atoms with Gasteiger partial charge < -0.3 is 4.74 Å². The number of benzene rings is 2. The molecule has 0 aromatic heterocycles. The van der Waals surface area contributed by atoms with Crippen LogP contribution in [0.15, 0.2) is 42.5 Å². The number of nitro benzene ring substituents is 1. The van der Waals surface area contributed by atoms with E-state index in [4.69, 9.17) is 16.3 Å². The third-order valence-corrected chi connectivity index (χ3v) is 2.74. The van der Waals surface area contributed by atoms with Crippen LogP contribution in [-0.2, 0) is 0 Å². The van der Waals surface area contributed by atoms with Crippen molar-refractivity contribution in [2.75, 3.05) is 0 Å². The summed E-state index contributed by atoms with van der Waals surface area (Å²) in [6.45, 7) is 0. The third-order valence-electron chi connectivity index (χ3n) is 2.42. The Hall–Kier alpha value is -2.47. The van der Waals surface area contributed by atoms with Crippen LogP contribution in [0.4, 0.5) is 10.1 Å². The van der Waals surface area contributed by atoms with Crippen LogP contribution >= 0.6 is 11.6 Å². The first-order valence-electron chi connectivity index (χ1n) is 5.39. The summed E-state index contributed by atoms with van der Waals surface area (Å²) >= 11 is 5.78. The fourth-order valence-electron chi connectivity index (χ4n) is 1.47. The van der Waals surface area contributed by atoms with Gasteiger partial charge in [0.15, 0.2) is 11.6 Å². The number of nitrogens with zero attached hydrogens (tertiary/aromatic N) is 1. The topological polar surface area (TPSA) is 69.4 Å². The van der Waals surface area contributed by atoms with Crippen LogP contribution in [0.1, 0.15) is 10.4 Å². The summed E-state index contributed by atoms with van der Waals surface area (Å²) in [5, 5.41) is 10.4. The Kier molecular flexibility index (Phi) is 3.95. The van der Waals surface area contributed by atoms with E-state index in [-0.39, 0.29) is 22.0 Å². The number of hydrogen-bond donors (Lipinski definition) is 0. The lowest BCUT2D eigenvalue weighted by Gasteiger charge is -2.06. The molecule has 0 aliphatic rings. The summed E-state index contributed by atoms with van der Waals surface area (Å²) < 4.78 is 18.2. The second-order valence-corrected chi connectivity index (χ2v) is 4.15. The molecule has 5 nitrogen and oxygen atoms in total. The van der Waals surface area contributed by atoms with Gasteiger partial charge in [0, 0.05) is 12.1 Å². The van der Waals surface area contributed by atoms with E-state index in [0.717, 1.165) is 24.3 Å². The molecule has 0 aliphatic carbocycles. The summed E-state index contributed by atoms with van der Waals surface area (Å²) in [4.78, 5) is 21.7. The van der Waals surface area contributed by atoms with E-state index in [1.165, 1.54) is 18.2 Å². The molecule has 0 saturated heterocycles. The smallest absolute Gasteiger partial charge is 0.345 e. The molecule has 2 rings (SSSR count). The molecule has 0 unspecified atom stereocenters. The van der Waals surface area contributed by atoms with E-state index < -0.39 is 16.7 Å². The molecule has 2 aromatic rings.